The predicted molar refractivity (Wildman–Crippen MR) is 65.7 cm³/mol. The summed E-state index contributed by atoms with van der Waals surface area (Å²) in [6.45, 7) is 2.61. The molecule has 2 N–H and O–H groups in total. The first-order valence-electron chi connectivity index (χ1n) is 5.53. The highest BCUT2D eigenvalue weighted by atomic mass is 35.5. The molecule has 92 valence electrons. The summed E-state index contributed by atoms with van der Waals surface area (Å²) in [5.74, 6) is -0.769. The van der Waals surface area contributed by atoms with Crippen LogP contribution in [0, 0.1) is 5.82 Å². The number of para-hydroxylation sites is 1. The van der Waals surface area contributed by atoms with Crippen molar-refractivity contribution in [1.29, 1.82) is 0 Å². The molecule has 17 heavy (non-hydrogen) atoms. The Bertz CT molecular complexity index is 424. The van der Waals surface area contributed by atoms with Crippen molar-refractivity contribution < 1.29 is 9.18 Å². The van der Waals surface area contributed by atoms with E-state index in [4.69, 9.17) is 11.6 Å². The van der Waals surface area contributed by atoms with Crippen LogP contribution in [0.15, 0.2) is 18.2 Å². The molecule has 5 heteroatoms. The van der Waals surface area contributed by atoms with Gasteiger partial charge in [0.15, 0.2) is 0 Å². The Hall–Kier alpha value is -1.13. The van der Waals surface area contributed by atoms with Gasteiger partial charge in [-0.25, -0.2) is 4.39 Å². The monoisotopic (exact) mass is 256 g/mol. The zero-order valence-corrected chi connectivity index (χ0v) is 10.3. The third kappa shape index (κ3) is 2.42. The normalized spacial score (nSPS) is 23.7. The lowest BCUT2D eigenvalue weighted by Crippen LogP contribution is -2.48. The molecule has 1 atom stereocenters. The minimum absolute atomic E-state index is 0.0501. The van der Waals surface area contributed by atoms with E-state index in [1.807, 2.05) is 6.92 Å². The lowest BCUT2D eigenvalue weighted by atomic mass is 9.99. The SMILES string of the molecule is CC1(C(=O)Nc2c(F)cccc2Cl)CCCN1. The van der Waals surface area contributed by atoms with Crippen LogP contribution in [0.3, 0.4) is 0 Å². The van der Waals surface area contributed by atoms with Gasteiger partial charge in [0.2, 0.25) is 5.91 Å². The standard InChI is InChI=1S/C12H14ClFN2O/c1-12(6-3-7-15-12)11(17)16-10-8(13)4-2-5-9(10)14/h2,4-5,15H,3,6-7H2,1H3,(H,16,17). The van der Waals surface area contributed by atoms with E-state index in [1.165, 1.54) is 12.1 Å². The molecule has 1 aliphatic rings. The molecule has 3 nitrogen and oxygen atoms in total. The van der Waals surface area contributed by atoms with Gasteiger partial charge in [-0.3, -0.25) is 4.79 Å². The molecule has 1 aromatic carbocycles. The van der Waals surface area contributed by atoms with Gasteiger partial charge in [-0.05, 0) is 38.4 Å². The van der Waals surface area contributed by atoms with Crippen LogP contribution < -0.4 is 10.6 Å². The summed E-state index contributed by atoms with van der Waals surface area (Å²) in [4.78, 5) is 12.0. The van der Waals surface area contributed by atoms with E-state index in [9.17, 15) is 9.18 Å². The molecule has 0 aromatic heterocycles. The van der Waals surface area contributed by atoms with Crippen molar-refractivity contribution in [1.82, 2.24) is 5.32 Å². The van der Waals surface area contributed by atoms with Gasteiger partial charge >= 0.3 is 0 Å². The van der Waals surface area contributed by atoms with E-state index >= 15 is 0 Å². The van der Waals surface area contributed by atoms with Crippen molar-refractivity contribution in [2.24, 2.45) is 0 Å². The maximum Gasteiger partial charge on any atom is 0.244 e. The van der Waals surface area contributed by atoms with Crippen molar-refractivity contribution in [2.45, 2.75) is 25.3 Å². The minimum atomic E-state index is -0.633. The van der Waals surface area contributed by atoms with E-state index in [2.05, 4.69) is 10.6 Å². The summed E-state index contributed by atoms with van der Waals surface area (Å²) in [5.41, 5.74) is -0.583. The summed E-state index contributed by atoms with van der Waals surface area (Å²) in [6.07, 6.45) is 1.68. The first-order valence-corrected chi connectivity index (χ1v) is 5.91. The van der Waals surface area contributed by atoms with Crippen LogP contribution >= 0.6 is 11.6 Å². The summed E-state index contributed by atoms with van der Waals surface area (Å²) >= 11 is 5.85. The largest absolute Gasteiger partial charge is 0.321 e. The van der Waals surface area contributed by atoms with Crippen LogP contribution in [0.2, 0.25) is 5.02 Å². The highest BCUT2D eigenvalue weighted by Gasteiger charge is 2.36. The second-order valence-electron chi connectivity index (χ2n) is 4.41. The van der Waals surface area contributed by atoms with Crippen molar-refractivity contribution in [3.05, 3.63) is 29.0 Å². The Labute approximate surface area is 104 Å². The van der Waals surface area contributed by atoms with Gasteiger partial charge in [-0.1, -0.05) is 17.7 Å². The van der Waals surface area contributed by atoms with Crippen LogP contribution in [0.25, 0.3) is 0 Å². The Morgan fingerprint density at radius 2 is 2.35 bits per heavy atom. The minimum Gasteiger partial charge on any atom is -0.321 e. The lowest BCUT2D eigenvalue weighted by molar-refractivity contribution is -0.121. The Morgan fingerprint density at radius 1 is 1.59 bits per heavy atom. The molecule has 1 amide bonds. The molecule has 2 rings (SSSR count). The third-order valence-corrected chi connectivity index (χ3v) is 3.39. The van der Waals surface area contributed by atoms with Gasteiger partial charge in [0.25, 0.3) is 0 Å². The molecule has 0 saturated carbocycles. The number of hydrogen-bond acceptors (Lipinski definition) is 2. The van der Waals surface area contributed by atoms with Gasteiger partial charge < -0.3 is 10.6 Å². The smallest absolute Gasteiger partial charge is 0.244 e. The van der Waals surface area contributed by atoms with E-state index in [-0.39, 0.29) is 16.6 Å². The number of carbonyl (C=O) groups is 1. The zero-order valence-electron chi connectivity index (χ0n) is 9.52. The van der Waals surface area contributed by atoms with E-state index in [0.29, 0.717) is 0 Å². The Kier molecular flexibility index (Phi) is 3.35. The first kappa shape index (κ1) is 12.3. The number of halogens is 2. The predicted octanol–water partition coefficient (Wildman–Crippen LogP) is 2.56. The van der Waals surface area contributed by atoms with Gasteiger partial charge in [0.1, 0.15) is 5.82 Å². The average Bonchev–Trinajstić information content (AvgIpc) is 2.72. The second kappa shape index (κ2) is 4.63. The number of anilines is 1. The Balaban J connectivity index is 2.18. The molecule has 0 bridgehead atoms. The first-order chi connectivity index (χ1) is 8.03. The van der Waals surface area contributed by atoms with Crippen molar-refractivity contribution in [3.63, 3.8) is 0 Å². The van der Waals surface area contributed by atoms with E-state index in [0.717, 1.165) is 19.4 Å². The topological polar surface area (TPSA) is 41.1 Å². The molecule has 0 aliphatic carbocycles. The molecule has 0 spiro atoms. The second-order valence-corrected chi connectivity index (χ2v) is 4.82. The van der Waals surface area contributed by atoms with Crippen LogP contribution in [0.1, 0.15) is 19.8 Å². The molecular formula is C12H14ClFN2O. The fourth-order valence-corrected chi connectivity index (χ4v) is 2.17. The fraction of sp³-hybridized carbons (Fsp3) is 0.417. The van der Waals surface area contributed by atoms with Crippen LogP contribution in [-0.2, 0) is 4.79 Å². The summed E-state index contributed by atoms with van der Waals surface area (Å²) < 4.78 is 13.5. The van der Waals surface area contributed by atoms with Crippen LogP contribution in [-0.4, -0.2) is 18.0 Å². The maximum atomic E-state index is 13.5. The number of carbonyl (C=O) groups excluding carboxylic acids is 1. The molecule has 1 aromatic rings. The highest BCUT2D eigenvalue weighted by molar-refractivity contribution is 6.33. The highest BCUT2D eigenvalue weighted by Crippen LogP contribution is 2.27. The number of amides is 1. The number of benzene rings is 1. The van der Waals surface area contributed by atoms with Gasteiger partial charge in [-0.2, -0.15) is 0 Å². The van der Waals surface area contributed by atoms with Crippen LogP contribution in [0.5, 0.6) is 0 Å². The molecule has 1 saturated heterocycles. The van der Waals surface area contributed by atoms with Gasteiger partial charge in [0, 0.05) is 0 Å². The van der Waals surface area contributed by atoms with Gasteiger partial charge in [-0.15, -0.1) is 0 Å². The fourth-order valence-electron chi connectivity index (χ4n) is 1.96. The van der Waals surface area contributed by atoms with Crippen molar-refractivity contribution >= 4 is 23.2 Å². The van der Waals surface area contributed by atoms with Crippen LogP contribution in [0.4, 0.5) is 10.1 Å². The molecule has 1 fully saturated rings. The van der Waals surface area contributed by atoms with Crippen molar-refractivity contribution in [2.75, 3.05) is 11.9 Å². The molecule has 1 unspecified atom stereocenters. The summed E-state index contributed by atoms with van der Waals surface area (Å²) in [6, 6.07) is 4.32. The number of nitrogens with one attached hydrogen (secondary N) is 2. The average molecular weight is 257 g/mol. The molecule has 1 aliphatic heterocycles. The number of hydrogen-bond donors (Lipinski definition) is 2. The van der Waals surface area contributed by atoms with Crippen molar-refractivity contribution in [3.8, 4) is 0 Å². The van der Waals surface area contributed by atoms with E-state index in [1.54, 1.807) is 6.07 Å². The van der Waals surface area contributed by atoms with Gasteiger partial charge in [0.05, 0.1) is 16.2 Å². The maximum absolute atomic E-state index is 13.5. The number of rotatable bonds is 2. The quantitative estimate of drug-likeness (QED) is 0.854. The molecule has 0 radical (unpaired) electrons. The Morgan fingerprint density at radius 3 is 2.94 bits per heavy atom. The third-order valence-electron chi connectivity index (χ3n) is 3.07. The molecule has 1 heterocycles. The lowest BCUT2D eigenvalue weighted by Gasteiger charge is -2.23. The van der Waals surface area contributed by atoms with E-state index < -0.39 is 11.4 Å². The summed E-state index contributed by atoms with van der Waals surface area (Å²) in [5, 5.41) is 5.88. The summed E-state index contributed by atoms with van der Waals surface area (Å²) in [7, 11) is 0. The zero-order chi connectivity index (χ0) is 12.5. The molecular weight excluding hydrogens is 243 g/mol.